The molecule has 0 aliphatic carbocycles. The van der Waals surface area contributed by atoms with Gasteiger partial charge >= 0.3 is 0 Å². The third-order valence-electron chi connectivity index (χ3n) is 0.695. The van der Waals surface area contributed by atoms with E-state index in [1.807, 2.05) is 13.8 Å². The fraction of sp³-hybridized carbons (Fsp3) is 0.833. The van der Waals surface area contributed by atoms with Crippen molar-refractivity contribution < 1.29 is 4.79 Å². The van der Waals surface area contributed by atoms with Crippen LogP contribution >= 0.6 is 0 Å². The van der Waals surface area contributed by atoms with Gasteiger partial charge in [0.25, 0.3) is 0 Å². The molecular weight excluding hydrogens is 102 g/mol. The van der Waals surface area contributed by atoms with Gasteiger partial charge in [0.05, 0.1) is 0 Å². The van der Waals surface area contributed by atoms with Gasteiger partial charge in [0.1, 0.15) is 0 Å². The van der Waals surface area contributed by atoms with E-state index in [4.69, 9.17) is 0 Å². The number of nitrogens with one attached hydrogen (secondary N) is 1. The molecule has 0 radical (unpaired) electrons. The van der Waals surface area contributed by atoms with E-state index in [0.717, 1.165) is 6.54 Å². The number of carbonyl (C=O) groups is 1. The summed E-state index contributed by atoms with van der Waals surface area (Å²) < 4.78 is 0. The molecule has 50 valence electrons. The summed E-state index contributed by atoms with van der Waals surface area (Å²) in [6, 6.07) is 0. The second-order valence-electron chi connectivity index (χ2n) is 1.31. The van der Waals surface area contributed by atoms with Crippen LogP contribution in [0.4, 0.5) is 0 Å². The number of rotatable bonds is 2. The summed E-state index contributed by atoms with van der Waals surface area (Å²) in [4.78, 5) is 10.3. The molecule has 0 saturated heterocycles. The molecule has 0 fully saturated rings. The average molecular weight is 117 g/mol. The maximum absolute atomic E-state index is 10.3. The molecule has 0 bridgehead atoms. The number of hydrogen-bond acceptors (Lipinski definition) is 1. The van der Waals surface area contributed by atoms with Crippen molar-refractivity contribution in [2.45, 2.75) is 27.7 Å². The first kappa shape index (κ1) is 10.5. The van der Waals surface area contributed by atoms with Crippen molar-refractivity contribution in [1.29, 1.82) is 0 Å². The van der Waals surface area contributed by atoms with Crippen LogP contribution in [0.1, 0.15) is 27.7 Å². The zero-order valence-corrected chi connectivity index (χ0v) is 4.82. The Bertz CT molecular complexity index is 61.5. The van der Waals surface area contributed by atoms with Crippen molar-refractivity contribution in [3.8, 4) is 0 Å². The minimum absolute atomic E-state index is 0. The Balaban J connectivity index is 0. The summed E-state index contributed by atoms with van der Waals surface area (Å²) >= 11 is 0. The zero-order chi connectivity index (χ0) is 5.70. The highest BCUT2D eigenvalue weighted by Crippen LogP contribution is 1.70. The Morgan fingerprint density at radius 2 is 2.00 bits per heavy atom. The summed E-state index contributed by atoms with van der Waals surface area (Å²) in [6.07, 6.45) is 0.591. The van der Waals surface area contributed by atoms with Crippen molar-refractivity contribution in [2.75, 3.05) is 6.54 Å². The molecule has 0 aromatic carbocycles. The minimum atomic E-state index is 0. The van der Waals surface area contributed by atoms with Gasteiger partial charge in [0, 0.05) is 13.0 Å². The van der Waals surface area contributed by atoms with Crippen LogP contribution in [-0.2, 0) is 4.79 Å². The minimum Gasteiger partial charge on any atom is -0.356 e. The molecule has 0 aromatic heterocycles. The van der Waals surface area contributed by atoms with E-state index in [9.17, 15) is 4.79 Å². The maximum Gasteiger partial charge on any atom is 0.219 e. The molecule has 0 heterocycles. The largest absolute Gasteiger partial charge is 0.356 e. The van der Waals surface area contributed by atoms with Crippen LogP contribution in [0.3, 0.4) is 0 Å². The highest BCUT2D eigenvalue weighted by molar-refractivity contribution is 5.75. The van der Waals surface area contributed by atoms with Gasteiger partial charge in [0.2, 0.25) is 5.91 Å². The Morgan fingerprint density at radius 3 is 2.12 bits per heavy atom. The smallest absolute Gasteiger partial charge is 0.219 e. The fourth-order valence-electron chi connectivity index (χ4n) is 0.322. The molecule has 0 unspecified atom stereocenters. The molecule has 2 nitrogen and oxygen atoms in total. The maximum atomic E-state index is 10.3. The Morgan fingerprint density at radius 1 is 1.50 bits per heavy atom. The molecule has 1 N–H and O–H groups in total. The molecule has 2 heteroatoms. The van der Waals surface area contributed by atoms with Crippen LogP contribution in [0.2, 0.25) is 0 Å². The van der Waals surface area contributed by atoms with Gasteiger partial charge in [-0.05, 0) is 6.92 Å². The molecule has 0 aromatic rings. The Kier molecular flexibility index (Phi) is 8.45. The second kappa shape index (κ2) is 6.47. The lowest BCUT2D eigenvalue weighted by atomic mass is 10.4. The monoisotopic (exact) mass is 117 g/mol. The number of hydrogen-bond donors (Lipinski definition) is 1. The molecule has 0 saturated carbocycles. The first-order valence-electron chi connectivity index (χ1n) is 2.58. The molecular formula is C6H15NO. The van der Waals surface area contributed by atoms with E-state index in [2.05, 4.69) is 5.32 Å². The predicted octanol–water partition coefficient (Wildman–Crippen LogP) is 1.17. The summed E-state index contributed by atoms with van der Waals surface area (Å²) in [5, 5.41) is 2.66. The van der Waals surface area contributed by atoms with Gasteiger partial charge in [-0.3, -0.25) is 4.79 Å². The van der Waals surface area contributed by atoms with E-state index in [1.54, 1.807) is 0 Å². The quantitative estimate of drug-likeness (QED) is 0.578. The summed E-state index contributed by atoms with van der Waals surface area (Å²) in [7, 11) is 0. The molecule has 0 aliphatic heterocycles. The van der Waals surface area contributed by atoms with Gasteiger partial charge in [-0.2, -0.15) is 0 Å². The van der Waals surface area contributed by atoms with Gasteiger partial charge < -0.3 is 5.32 Å². The van der Waals surface area contributed by atoms with Crippen molar-refractivity contribution in [2.24, 2.45) is 0 Å². The highest BCUT2D eigenvalue weighted by atomic mass is 16.1. The van der Waals surface area contributed by atoms with E-state index < -0.39 is 0 Å². The topological polar surface area (TPSA) is 29.1 Å². The van der Waals surface area contributed by atoms with Crippen LogP contribution in [0.5, 0.6) is 0 Å². The second-order valence-corrected chi connectivity index (χ2v) is 1.31. The van der Waals surface area contributed by atoms with Crippen LogP contribution < -0.4 is 5.32 Å². The van der Waals surface area contributed by atoms with Gasteiger partial charge in [0.15, 0.2) is 0 Å². The van der Waals surface area contributed by atoms with Crippen LogP contribution in [-0.4, -0.2) is 12.5 Å². The molecule has 8 heavy (non-hydrogen) atoms. The number of amides is 1. The standard InChI is InChI=1S/C5H11NO.CH4/c1-3-5(7)6-4-2;/h3-4H2,1-2H3,(H,6,7);1H4. The normalized spacial score (nSPS) is 7.25. The zero-order valence-electron chi connectivity index (χ0n) is 4.82. The van der Waals surface area contributed by atoms with Gasteiger partial charge in [-0.25, -0.2) is 0 Å². The highest BCUT2D eigenvalue weighted by Gasteiger charge is 1.88. The first-order valence-corrected chi connectivity index (χ1v) is 2.58. The number of carbonyl (C=O) groups excluding carboxylic acids is 1. The lowest BCUT2D eigenvalue weighted by Crippen LogP contribution is -2.20. The average Bonchev–Trinajstić information content (AvgIpc) is 1.68. The van der Waals surface area contributed by atoms with Crippen molar-refractivity contribution in [3.63, 3.8) is 0 Å². The SMILES string of the molecule is C.CCNC(=O)CC. The van der Waals surface area contributed by atoms with Gasteiger partial charge in [-0.1, -0.05) is 14.4 Å². The Hall–Kier alpha value is -0.530. The Labute approximate surface area is 51.3 Å². The van der Waals surface area contributed by atoms with Crippen molar-refractivity contribution in [3.05, 3.63) is 0 Å². The van der Waals surface area contributed by atoms with Crippen LogP contribution in [0.15, 0.2) is 0 Å². The third-order valence-corrected chi connectivity index (χ3v) is 0.695. The molecule has 0 rings (SSSR count). The van der Waals surface area contributed by atoms with Crippen molar-refractivity contribution >= 4 is 5.91 Å². The lowest BCUT2D eigenvalue weighted by molar-refractivity contribution is -0.120. The van der Waals surface area contributed by atoms with E-state index in [1.165, 1.54) is 0 Å². The summed E-state index contributed by atoms with van der Waals surface area (Å²) in [5.74, 6) is 0.127. The summed E-state index contributed by atoms with van der Waals surface area (Å²) in [6.45, 7) is 4.49. The van der Waals surface area contributed by atoms with Crippen LogP contribution in [0, 0.1) is 0 Å². The fourth-order valence-corrected chi connectivity index (χ4v) is 0.322. The van der Waals surface area contributed by atoms with Crippen molar-refractivity contribution in [1.82, 2.24) is 5.32 Å². The third kappa shape index (κ3) is 5.47. The molecule has 1 amide bonds. The van der Waals surface area contributed by atoms with Gasteiger partial charge in [-0.15, -0.1) is 0 Å². The van der Waals surface area contributed by atoms with Crippen LogP contribution in [0.25, 0.3) is 0 Å². The van der Waals surface area contributed by atoms with E-state index in [-0.39, 0.29) is 13.3 Å². The lowest BCUT2D eigenvalue weighted by Gasteiger charge is -1.93. The first-order chi connectivity index (χ1) is 3.31. The predicted molar refractivity (Wildman–Crippen MR) is 35.7 cm³/mol. The van der Waals surface area contributed by atoms with E-state index in [0.29, 0.717) is 6.42 Å². The molecule has 0 atom stereocenters. The molecule has 0 spiro atoms. The van der Waals surface area contributed by atoms with E-state index >= 15 is 0 Å². The summed E-state index contributed by atoms with van der Waals surface area (Å²) in [5.41, 5.74) is 0. The molecule has 0 aliphatic rings.